The standard InChI is InChI=1S/C33H29N3/c1-3-12-27(13-4-1)35-21-20-34-33(35)26-11-9-10-24(22-26)25-18-19-32-30(23-25)29-16-7-8-17-31(29)36(32)28-14-5-2-6-15-28/h1,3-4,7-13,16-23,28H,2,5-6,14-15H2. The normalized spacial score (nSPS) is 14.6. The number of benzene rings is 4. The number of nitrogens with zero attached hydrogens (tertiary/aromatic N) is 3. The zero-order valence-corrected chi connectivity index (χ0v) is 20.3. The van der Waals surface area contributed by atoms with E-state index in [-0.39, 0.29) is 0 Å². The summed E-state index contributed by atoms with van der Waals surface area (Å²) in [6.45, 7) is 0. The Labute approximate surface area is 211 Å². The summed E-state index contributed by atoms with van der Waals surface area (Å²) in [5.74, 6) is 0.957. The molecule has 0 unspecified atom stereocenters. The number of hydrogen-bond acceptors (Lipinski definition) is 1. The van der Waals surface area contributed by atoms with Crippen LogP contribution in [0.1, 0.15) is 38.1 Å². The molecule has 3 heteroatoms. The van der Waals surface area contributed by atoms with Crippen molar-refractivity contribution in [2.45, 2.75) is 38.1 Å². The summed E-state index contributed by atoms with van der Waals surface area (Å²) in [7, 11) is 0. The number of fused-ring (bicyclic) bond motifs is 3. The minimum absolute atomic E-state index is 0.604. The van der Waals surface area contributed by atoms with Gasteiger partial charge in [0.15, 0.2) is 0 Å². The van der Waals surface area contributed by atoms with Crippen molar-refractivity contribution in [2.75, 3.05) is 0 Å². The lowest BCUT2D eigenvalue weighted by molar-refractivity contribution is 0.367. The van der Waals surface area contributed by atoms with Crippen LogP contribution in [0.15, 0.2) is 109 Å². The molecule has 0 N–H and O–H groups in total. The lowest BCUT2D eigenvalue weighted by Crippen LogP contribution is -2.12. The van der Waals surface area contributed by atoms with Crippen LogP contribution >= 0.6 is 0 Å². The van der Waals surface area contributed by atoms with Gasteiger partial charge in [-0.3, -0.25) is 4.57 Å². The molecule has 1 fully saturated rings. The molecule has 7 rings (SSSR count). The van der Waals surface area contributed by atoms with Crippen LogP contribution < -0.4 is 0 Å². The maximum absolute atomic E-state index is 4.70. The molecular formula is C33H29N3. The van der Waals surface area contributed by atoms with Crippen LogP contribution in [0.25, 0.3) is 50.0 Å². The van der Waals surface area contributed by atoms with E-state index in [0.717, 1.165) is 17.1 Å². The molecule has 3 nitrogen and oxygen atoms in total. The van der Waals surface area contributed by atoms with E-state index in [2.05, 4.69) is 100 Å². The van der Waals surface area contributed by atoms with Crippen molar-refractivity contribution in [3.8, 4) is 28.2 Å². The van der Waals surface area contributed by atoms with Gasteiger partial charge < -0.3 is 4.57 Å². The second-order valence-electron chi connectivity index (χ2n) is 9.95. The summed E-state index contributed by atoms with van der Waals surface area (Å²) in [6, 6.07) is 35.7. The average molecular weight is 468 g/mol. The molecule has 0 atom stereocenters. The molecule has 1 saturated carbocycles. The number of rotatable bonds is 4. The van der Waals surface area contributed by atoms with Crippen LogP contribution in [0.3, 0.4) is 0 Å². The van der Waals surface area contributed by atoms with E-state index in [1.165, 1.54) is 65.0 Å². The van der Waals surface area contributed by atoms with Gasteiger partial charge in [0.1, 0.15) is 5.82 Å². The molecule has 0 amide bonds. The minimum Gasteiger partial charge on any atom is -0.337 e. The molecule has 176 valence electrons. The quantitative estimate of drug-likeness (QED) is 0.254. The fraction of sp³-hybridized carbons (Fsp3) is 0.182. The highest BCUT2D eigenvalue weighted by molar-refractivity contribution is 6.09. The van der Waals surface area contributed by atoms with Gasteiger partial charge in [-0.05, 0) is 60.4 Å². The minimum atomic E-state index is 0.604. The molecule has 4 aromatic carbocycles. The van der Waals surface area contributed by atoms with Gasteiger partial charge in [-0.1, -0.05) is 79.9 Å². The maximum Gasteiger partial charge on any atom is 0.144 e. The highest BCUT2D eigenvalue weighted by Gasteiger charge is 2.21. The van der Waals surface area contributed by atoms with Crippen molar-refractivity contribution in [1.29, 1.82) is 0 Å². The smallest absolute Gasteiger partial charge is 0.144 e. The second-order valence-corrected chi connectivity index (χ2v) is 9.95. The molecule has 0 radical (unpaired) electrons. The third kappa shape index (κ3) is 3.54. The van der Waals surface area contributed by atoms with Crippen molar-refractivity contribution in [1.82, 2.24) is 14.1 Å². The molecule has 1 aliphatic rings. The first kappa shape index (κ1) is 21.2. The van der Waals surface area contributed by atoms with Crippen LogP contribution in [-0.4, -0.2) is 14.1 Å². The lowest BCUT2D eigenvalue weighted by atomic mass is 9.95. The molecule has 2 heterocycles. The van der Waals surface area contributed by atoms with Gasteiger partial charge in [0.05, 0.1) is 0 Å². The molecule has 0 bridgehead atoms. The van der Waals surface area contributed by atoms with Crippen LogP contribution in [0.5, 0.6) is 0 Å². The zero-order chi connectivity index (χ0) is 23.9. The van der Waals surface area contributed by atoms with Crippen LogP contribution in [0.4, 0.5) is 0 Å². The number of imidazole rings is 1. The van der Waals surface area contributed by atoms with Crippen LogP contribution in [0.2, 0.25) is 0 Å². The first-order valence-electron chi connectivity index (χ1n) is 13.1. The lowest BCUT2D eigenvalue weighted by Gasteiger charge is -2.25. The summed E-state index contributed by atoms with van der Waals surface area (Å²) >= 11 is 0. The fourth-order valence-electron chi connectivity index (χ4n) is 6.07. The largest absolute Gasteiger partial charge is 0.337 e. The molecule has 2 aromatic heterocycles. The summed E-state index contributed by atoms with van der Waals surface area (Å²) in [5, 5.41) is 2.71. The Hall–Kier alpha value is -4.11. The maximum atomic E-state index is 4.70. The fourth-order valence-corrected chi connectivity index (χ4v) is 6.07. The molecule has 0 spiro atoms. The third-order valence-corrected chi connectivity index (χ3v) is 7.78. The number of para-hydroxylation sites is 2. The predicted molar refractivity (Wildman–Crippen MR) is 150 cm³/mol. The molecule has 0 aliphatic heterocycles. The molecule has 1 aliphatic carbocycles. The van der Waals surface area contributed by atoms with E-state index >= 15 is 0 Å². The molecule has 6 aromatic rings. The van der Waals surface area contributed by atoms with Gasteiger partial charge in [-0.2, -0.15) is 0 Å². The summed E-state index contributed by atoms with van der Waals surface area (Å²) in [5.41, 5.74) is 7.43. The van der Waals surface area contributed by atoms with E-state index in [1.807, 2.05) is 18.5 Å². The van der Waals surface area contributed by atoms with E-state index in [9.17, 15) is 0 Å². The van der Waals surface area contributed by atoms with Gasteiger partial charge in [0, 0.05) is 51.5 Å². The molecule has 36 heavy (non-hydrogen) atoms. The number of hydrogen-bond donors (Lipinski definition) is 0. The van der Waals surface area contributed by atoms with Crippen LogP contribution in [0, 0.1) is 0 Å². The third-order valence-electron chi connectivity index (χ3n) is 7.78. The molecular weight excluding hydrogens is 438 g/mol. The number of aromatic nitrogens is 3. The summed E-state index contributed by atoms with van der Waals surface area (Å²) < 4.78 is 4.78. The topological polar surface area (TPSA) is 22.8 Å². The van der Waals surface area contributed by atoms with Crippen LogP contribution in [-0.2, 0) is 0 Å². The zero-order valence-electron chi connectivity index (χ0n) is 20.3. The Bertz CT molecular complexity index is 1670. The van der Waals surface area contributed by atoms with E-state index in [4.69, 9.17) is 4.98 Å². The Morgan fingerprint density at radius 2 is 1.36 bits per heavy atom. The van der Waals surface area contributed by atoms with Crippen molar-refractivity contribution < 1.29 is 0 Å². The summed E-state index contributed by atoms with van der Waals surface area (Å²) in [4.78, 5) is 4.70. The van der Waals surface area contributed by atoms with E-state index < -0.39 is 0 Å². The molecule has 0 saturated heterocycles. The van der Waals surface area contributed by atoms with Gasteiger partial charge >= 0.3 is 0 Å². The SMILES string of the molecule is c1ccc(-n2ccnc2-c2cccc(-c3ccc4c(c3)c3ccccc3n4C3CCCCC3)c2)cc1. The Balaban J connectivity index is 1.34. The Morgan fingerprint density at radius 3 is 2.25 bits per heavy atom. The van der Waals surface area contributed by atoms with Gasteiger partial charge in [0.2, 0.25) is 0 Å². The van der Waals surface area contributed by atoms with E-state index in [0.29, 0.717) is 6.04 Å². The van der Waals surface area contributed by atoms with Gasteiger partial charge in [-0.15, -0.1) is 0 Å². The average Bonchev–Trinajstić information content (AvgIpc) is 3.57. The summed E-state index contributed by atoms with van der Waals surface area (Å²) in [6.07, 6.45) is 10.5. The Morgan fingerprint density at radius 1 is 0.611 bits per heavy atom. The predicted octanol–water partition coefficient (Wildman–Crippen LogP) is 8.82. The van der Waals surface area contributed by atoms with Gasteiger partial charge in [-0.25, -0.2) is 4.98 Å². The highest BCUT2D eigenvalue weighted by atomic mass is 15.1. The van der Waals surface area contributed by atoms with Gasteiger partial charge in [0.25, 0.3) is 0 Å². The van der Waals surface area contributed by atoms with Crippen molar-refractivity contribution in [3.05, 3.63) is 109 Å². The van der Waals surface area contributed by atoms with Crippen molar-refractivity contribution in [2.24, 2.45) is 0 Å². The monoisotopic (exact) mass is 467 g/mol. The highest BCUT2D eigenvalue weighted by Crippen LogP contribution is 2.39. The van der Waals surface area contributed by atoms with Crippen molar-refractivity contribution >= 4 is 21.8 Å². The first-order chi connectivity index (χ1) is 17.9. The van der Waals surface area contributed by atoms with Crippen molar-refractivity contribution in [3.63, 3.8) is 0 Å². The van der Waals surface area contributed by atoms with E-state index in [1.54, 1.807) is 0 Å². The first-order valence-corrected chi connectivity index (χ1v) is 13.1. The second kappa shape index (κ2) is 8.83. The Kier molecular flexibility index (Phi) is 5.20.